The van der Waals surface area contributed by atoms with Crippen molar-refractivity contribution < 1.29 is 0 Å². The highest BCUT2D eigenvalue weighted by molar-refractivity contribution is 5.50. The molecule has 0 atom stereocenters. The summed E-state index contributed by atoms with van der Waals surface area (Å²) in [5.41, 5.74) is 5.58. The molecule has 94 valence electrons. The Morgan fingerprint density at radius 1 is 1.22 bits per heavy atom. The van der Waals surface area contributed by atoms with Crippen LogP contribution in [0.4, 0.5) is 5.69 Å². The molecule has 2 aromatic rings. The molecule has 1 aromatic carbocycles. The maximum absolute atomic E-state index is 4.18. The number of rotatable bonds is 4. The minimum atomic E-state index is 0.957. The van der Waals surface area contributed by atoms with Gasteiger partial charge in [0.1, 0.15) is 0 Å². The molecule has 0 saturated carbocycles. The summed E-state index contributed by atoms with van der Waals surface area (Å²) in [6, 6.07) is 8.86. The van der Waals surface area contributed by atoms with Crippen LogP contribution in [0.25, 0.3) is 0 Å². The summed E-state index contributed by atoms with van der Waals surface area (Å²) in [5.74, 6) is 0. The molecular weight excluding hydrogens is 222 g/mol. The molecule has 1 heterocycles. The van der Waals surface area contributed by atoms with E-state index in [0.29, 0.717) is 0 Å². The van der Waals surface area contributed by atoms with Crippen molar-refractivity contribution in [2.45, 2.75) is 25.7 Å². The number of fused-ring (bicyclic) bond motifs is 1. The van der Waals surface area contributed by atoms with E-state index < -0.39 is 0 Å². The molecule has 0 bridgehead atoms. The van der Waals surface area contributed by atoms with Crippen LogP contribution in [0.3, 0.4) is 0 Å². The Morgan fingerprint density at radius 3 is 2.94 bits per heavy atom. The van der Waals surface area contributed by atoms with Crippen molar-refractivity contribution >= 4 is 5.69 Å². The lowest BCUT2D eigenvalue weighted by molar-refractivity contribution is 0.711. The van der Waals surface area contributed by atoms with Crippen molar-refractivity contribution in [3.63, 3.8) is 0 Å². The van der Waals surface area contributed by atoms with Crippen LogP contribution in [0, 0.1) is 0 Å². The number of aromatic nitrogens is 2. The molecule has 1 aromatic heterocycles. The summed E-state index contributed by atoms with van der Waals surface area (Å²) < 4.78 is 1.93. The normalized spacial score (nSPS) is 13.6. The minimum absolute atomic E-state index is 0.957. The number of hydrogen-bond acceptors (Lipinski definition) is 2. The number of hydrogen-bond donors (Lipinski definition) is 1. The highest BCUT2D eigenvalue weighted by atomic mass is 15.3. The minimum Gasteiger partial charge on any atom is -0.385 e. The van der Waals surface area contributed by atoms with Crippen molar-refractivity contribution in [2.75, 3.05) is 11.9 Å². The highest BCUT2D eigenvalue weighted by Gasteiger charge is 2.10. The van der Waals surface area contributed by atoms with Gasteiger partial charge >= 0.3 is 0 Å². The maximum atomic E-state index is 4.18. The lowest BCUT2D eigenvalue weighted by atomic mass is 10.1. The van der Waals surface area contributed by atoms with Gasteiger partial charge in [0.05, 0.1) is 0 Å². The maximum Gasteiger partial charge on any atom is 0.0492 e. The fraction of sp³-hybridized carbons (Fsp3) is 0.400. The first-order valence-electron chi connectivity index (χ1n) is 6.65. The molecule has 0 unspecified atom stereocenters. The van der Waals surface area contributed by atoms with Gasteiger partial charge in [-0.3, -0.25) is 4.68 Å². The average Bonchev–Trinajstić information content (AvgIpc) is 2.98. The van der Waals surface area contributed by atoms with E-state index in [4.69, 9.17) is 0 Å². The first-order valence-corrected chi connectivity index (χ1v) is 6.65. The first kappa shape index (κ1) is 11.3. The van der Waals surface area contributed by atoms with Crippen LogP contribution in [0.15, 0.2) is 30.5 Å². The Morgan fingerprint density at radius 2 is 2.11 bits per heavy atom. The topological polar surface area (TPSA) is 29.9 Å². The third-order valence-electron chi connectivity index (χ3n) is 3.73. The van der Waals surface area contributed by atoms with Gasteiger partial charge in [-0.1, -0.05) is 6.07 Å². The van der Waals surface area contributed by atoms with E-state index in [0.717, 1.165) is 13.0 Å². The van der Waals surface area contributed by atoms with Gasteiger partial charge in [-0.25, -0.2) is 0 Å². The van der Waals surface area contributed by atoms with Crippen LogP contribution in [-0.4, -0.2) is 16.3 Å². The molecule has 1 N–H and O–H groups in total. The summed E-state index contributed by atoms with van der Waals surface area (Å²) in [6.45, 7) is 0.957. The fourth-order valence-corrected chi connectivity index (χ4v) is 2.66. The Kier molecular flexibility index (Phi) is 3.05. The second-order valence-corrected chi connectivity index (χ2v) is 4.96. The van der Waals surface area contributed by atoms with Gasteiger partial charge in [0.15, 0.2) is 0 Å². The van der Waals surface area contributed by atoms with E-state index in [1.54, 1.807) is 0 Å². The summed E-state index contributed by atoms with van der Waals surface area (Å²) in [5, 5.41) is 7.68. The average molecular weight is 241 g/mol. The molecule has 0 amide bonds. The number of benzene rings is 1. The summed E-state index contributed by atoms with van der Waals surface area (Å²) in [6.07, 6.45) is 6.67. The van der Waals surface area contributed by atoms with Crippen LogP contribution >= 0.6 is 0 Å². The summed E-state index contributed by atoms with van der Waals surface area (Å²) in [4.78, 5) is 0. The Hall–Kier alpha value is -1.77. The molecule has 3 rings (SSSR count). The lowest BCUT2D eigenvalue weighted by Crippen LogP contribution is -2.08. The van der Waals surface area contributed by atoms with Crippen LogP contribution in [-0.2, 0) is 26.3 Å². The summed E-state index contributed by atoms with van der Waals surface area (Å²) in [7, 11) is 1.99. The third kappa shape index (κ3) is 2.26. The second kappa shape index (κ2) is 4.84. The third-order valence-corrected chi connectivity index (χ3v) is 3.73. The predicted octanol–water partition coefficient (Wildman–Crippen LogP) is 2.56. The van der Waals surface area contributed by atoms with Crippen molar-refractivity contribution in [1.29, 1.82) is 0 Å². The number of nitrogens with zero attached hydrogens (tertiary/aromatic N) is 2. The largest absolute Gasteiger partial charge is 0.385 e. The molecule has 0 aliphatic heterocycles. The van der Waals surface area contributed by atoms with E-state index in [-0.39, 0.29) is 0 Å². The van der Waals surface area contributed by atoms with E-state index in [1.165, 1.54) is 41.8 Å². The lowest BCUT2D eigenvalue weighted by Gasteiger charge is -2.08. The van der Waals surface area contributed by atoms with Crippen molar-refractivity contribution in [1.82, 2.24) is 9.78 Å². The van der Waals surface area contributed by atoms with Gasteiger partial charge in [-0.05, 0) is 48.6 Å². The molecule has 3 heteroatoms. The molecular formula is C15H19N3. The fourth-order valence-electron chi connectivity index (χ4n) is 2.66. The highest BCUT2D eigenvalue weighted by Crippen LogP contribution is 2.24. The van der Waals surface area contributed by atoms with E-state index >= 15 is 0 Å². The zero-order chi connectivity index (χ0) is 12.4. The molecule has 0 saturated heterocycles. The quantitative estimate of drug-likeness (QED) is 0.891. The number of aryl methyl sites for hydroxylation is 3. The first-order chi connectivity index (χ1) is 8.83. The molecule has 0 spiro atoms. The molecule has 18 heavy (non-hydrogen) atoms. The van der Waals surface area contributed by atoms with E-state index in [2.05, 4.69) is 34.7 Å². The van der Waals surface area contributed by atoms with Crippen LogP contribution < -0.4 is 5.32 Å². The molecule has 3 nitrogen and oxygen atoms in total. The molecule has 1 aliphatic rings. The van der Waals surface area contributed by atoms with Gasteiger partial charge in [0.25, 0.3) is 0 Å². The number of anilines is 1. The Balaban J connectivity index is 1.59. The molecule has 0 radical (unpaired) electrons. The second-order valence-electron chi connectivity index (χ2n) is 4.96. The van der Waals surface area contributed by atoms with E-state index in [1.807, 2.05) is 17.9 Å². The van der Waals surface area contributed by atoms with Gasteiger partial charge in [0.2, 0.25) is 0 Å². The van der Waals surface area contributed by atoms with Crippen LogP contribution in [0.1, 0.15) is 23.2 Å². The SMILES string of the molecule is Cn1nccc1CCNc1ccc2c(c1)CCC2. The zero-order valence-corrected chi connectivity index (χ0v) is 10.8. The van der Waals surface area contributed by atoms with Gasteiger partial charge in [-0.15, -0.1) is 0 Å². The van der Waals surface area contributed by atoms with Crippen LogP contribution in [0.5, 0.6) is 0 Å². The van der Waals surface area contributed by atoms with Gasteiger partial charge < -0.3 is 5.32 Å². The van der Waals surface area contributed by atoms with Crippen molar-refractivity contribution in [2.24, 2.45) is 7.05 Å². The van der Waals surface area contributed by atoms with E-state index in [9.17, 15) is 0 Å². The van der Waals surface area contributed by atoms with Gasteiger partial charge in [0, 0.05) is 37.6 Å². The zero-order valence-electron chi connectivity index (χ0n) is 10.8. The van der Waals surface area contributed by atoms with Gasteiger partial charge in [-0.2, -0.15) is 5.10 Å². The Bertz CT molecular complexity index is 542. The molecule has 0 fully saturated rings. The predicted molar refractivity (Wildman–Crippen MR) is 73.9 cm³/mol. The van der Waals surface area contributed by atoms with Crippen molar-refractivity contribution in [3.8, 4) is 0 Å². The van der Waals surface area contributed by atoms with Crippen molar-refractivity contribution in [3.05, 3.63) is 47.3 Å². The molecule has 1 aliphatic carbocycles. The monoisotopic (exact) mass is 241 g/mol. The number of nitrogens with one attached hydrogen (secondary N) is 1. The Labute approximate surface area is 108 Å². The van der Waals surface area contributed by atoms with Crippen LogP contribution in [0.2, 0.25) is 0 Å². The summed E-state index contributed by atoms with van der Waals surface area (Å²) >= 11 is 0. The smallest absolute Gasteiger partial charge is 0.0492 e. The standard InChI is InChI=1S/C15H19N3/c1-18-15(8-10-17-18)7-9-16-14-6-5-12-3-2-4-13(12)11-14/h5-6,8,10-11,16H,2-4,7,9H2,1H3.